The molecule has 0 saturated heterocycles. The van der Waals surface area contributed by atoms with Crippen LogP contribution in [-0.2, 0) is 4.79 Å². The highest BCUT2D eigenvalue weighted by atomic mass is 19.1. The molecule has 0 unspecified atom stereocenters. The Morgan fingerprint density at radius 1 is 1.09 bits per heavy atom. The van der Waals surface area contributed by atoms with E-state index in [-0.39, 0.29) is 36.0 Å². The largest absolute Gasteiger partial charge is 0.393 e. The van der Waals surface area contributed by atoms with E-state index in [0.717, 1.165) is 0 Å². The second-order valence-corrected chi connectivity index (χ2v) is 8.95. The number of nitrogens with two attached hydrogens (primary N) is 1. The molecule has 5 N–H and O–H groups in total. The van der Waals surface area contributed by atoms with Gasteiger partial charge in [-0.15, -0.1) is 0 Å². The Labute approximate surface area is 192 Å². The van der Waals surface area contributed by atoms with E-state index in [2.05, 4.69) is 25.6 Å². The number of primary amides is 1. The maximum absolute atomic E-state index is 14.4. The highest BCUT2D eigenvalue weighted by Gasteiger charge is 2.31. The molecule has 2 aromatic heterocycles. The van der Waals surface area contributed by atoms with Crippen LogP contribution < -0.4 is 16.4 Å². The number of amides is 1. The molecule has 1 aromatic carbocycles. The smallest absolute Gasteiger partial charge is 0.224 e. The molecular formula is C22H24F3N7O2. The molecule has 2 aliphatic carbocycles. The van der Waals surface area contributed by atoms with Crippen LogP contribution in [0.15, 0.2) is 18.3 Å². The summed E-state index contributed by atoms with van der Waals surface area (Å²) in [5.41, 5.74) is 5.79. The minimum Gasteiger partial charge on any atom is -0.393 e. The average Bonchev–Trinajstić information content (AvgIpc) is 3.12. The van der Waals surface area contributed by atoms with Crippen molar-refractivity contribution in [2.45, 2.75) is 56.7 Å². The number of halogens is 3. The molecule has 34 heavy (non-hydrogen) atoms. The summed E-state index contributed by atoms with van der Waals surface area (Å²) in [6.07, 6.45) is 4.65. The van der Waals surface area contributed by atoms with Crippen LogP contribution in [0.5, 0.6) is 0 Å². The number of carbonyl (C=O) groups is 1. The van der Waals surface area contributed by atoms with Crippen LogP contribution in [-0.4, -0.2) is 42.7 Å². The van der Waals surface area contributed by atoms with E-state index in [1.54, 1.807) is 4.57 Å². The number of hydrogen-bond acceptors (Lipinski definition) is 7. The van der Waals surface area contributed by atoms with Crippen molar-refractivity contribution in [3.05, 3.63) is 35.8 Å². The van der Waals surface area contributed by atoms with Gasteiger partial charge in [0.15, 0.2) is 17.3 Å². The first kappa shape index (κ1) is 22.4. The average molecular weight is 475 g/mol. The minimum absolute atomic E-state index is 0.0508. The first-order valence-electron chi connectivity index (χ1n) is 11.2. The number of aromatic nitrogens is 4. The van der Waals surface area contributed by atoms with Crippen molar-refractivity contribution < 1.29 is 23.1 Å². The van der Waals surface area contributed by atoms with Gasteiger partial charge < -0.3 is 21.5 Å². The van der Waals surface area contributed by atoms with Gasteiger partial charge in [-0.25, -0.2) is 23.1 Å². The van der Waals surface area contributed by atoms with Gasteiger partial charge in [-0.2, -0.15) is 4.98 Å². The van der Waals surface area contributed by atoms with Crippen LogP contribution in [0.2, 0.25) is 0 Å². The molecular weight excluding hydrogens is 451 g/mol. The van der Waals surface area contributed by atoms with E-state index >= 15 is 0 Å². The number of fused-ring (bicyclic) bond motifs is 1. The maximum Gasteiger partial charge on any atom is 0.224 e. The van der Waals surface area contributed by atoms with E-state index < -0.39 is 23.1 Å². The predicted molar refractivity (Wildman–Crippen MR) is 118 cm³/mol. The third-order valence-corrected chi connectivity index (χ3v) is 6.59. The number of aliphatic hydroxyl groups is 1. The highest BCUT2D eigenvalue weighted by Crippen LogP contribution is 2.37. The summed E-state index contributed by atoms with van der Waals surface area (Å²) in [7, 11) is 0. The SMILES string of the molecule is NC(=O)[C@H]1CC[C@@H](n2c(Nc3c(F)cc(F)cc3F)nc3cnc(N[C@H]4C[C@H](O)C4)nc32)CC1. The number of anilines is 3. The van der Waals surface area contributed by atoms with Crippen molar-refractivity contribution in [3.63, 3.8) is 0 Å². The van der Waals surface area contributed by atoms with E-state index in [4.69, 9.17) is 5.73 Å². The van der Waals surface area contributed by atoms with Gasteiger partial charge in [-0.05, 0) is 38.5 Å². The van der Waals surface area contributed by atoms with Gasteiger partial charge in [0, 0.05) is 30.1 Å². The third-order valence-electron chi connectivity index (χ3n) is 6.59. The van der Waals surface area contributed by atoms with Crippen LogP contribution >= 0.6 is 0 Å². The van der Waals surface area contributed by atoms with Crippen LogP contribution in [0.3, 0.4) is 0 Å². The van der Waals surface area contributed by atoms with E-state index in [1.807, 2.05) is 0 Å². The first-order valence-corrected chi connectivity index (χ1v) is 11.2. The van der Waals surface area contributed by atoms with Crippen molar-refractivity contribution in [1.29, 1.82) is 0 Å². The molecule has 1 amide bonds. The van der Waals surface area contributed by atoms with Crippen molar-refractivity contribution in [2.24, 2.45) is 11.7 Å². The maximum atomic E-state index is 14.4. The van der Waals surface area contributed by atoms with E-state index in [1.165, 1.54) is 6.20 Å². The Hall–Kier alpha value is -3.41. The Balaban J connectivity index is 1.52. The van der Waals surface area contributed by atoms with Gasteiger partial charge >= 0.3 is 0 Å². The molecule has 2 aliphatic rings. The van der Waals surface area contributed by atoms with Crippen LogP contribution in [0.1, 0.15) is 44.6 Å². The van der Waals surface area contributed by atoms with E-state index in [9.17, 15) is 23.1 Å². The van der Waals surface area contributed by atoms with Gasteiger partial charge in [0.25, 0.3) is 0 Å². The molecule has 5 rings (SSSR count). The highest BCUT2D eigenvalue weighted by molar-refractivity contribution is 5.78. The zero-order valence-electron chi connectivity index (χ0n) is 18.1. The normalized spacial score (nSPS) is 24.6. The second-order valence-electron chi connectivity index (χ2n) is 8.95. The summed E-state index contributed by atoms with van der Waals surface area (Å²) >= 11 is 0. The number of rotatable bonds is 6. The molecule has 2 saturated carbocycles. The molecule has 2 fully saturated rings. The molecule has 2 heterocycles. The van der Waals surface area contributed by atoms with Gasteiger partial charge in [-0.3, -0.25) is 9.36 Å². The van der Waals surface area contributed by atoms with Crippen LogP contribution in [0.25, 0.3) is 11.2 Å². The number of carbonyl (C=O) groups excluding carboxylic acids is 1. The molecule has 0 atom stereocenters. The number of benzene rings is 1. The Morgan fingerprint density at radius 2 is 1.76 bits per heavy atom. The summed E-state index contributed by atoms with van der Waals surface area (Å²) in [6, 6.07) is 1.06. The molecule has 0 bridgehead atoms. The number of hydrogen-bond donors (Lipinski definition) is 4. The topological polar surface area (TPSA) is 131 Å². The van der Waals surface area contributed by atoms with Crippen molar-refractivity contribution in [1.82, 2.24) is 19.5 Å². The summed E-state index contributed by atoms with van der Waals surface area (Å²) in [5.74, 6) is -3.31. The number of imidazole rings is 1. The number of nitrogens with zero attached hydrogens (tertiary/aromatic N) is 4. The Kier molecular flexibility index (Phi) is 5.76. The molecule has 180 valence electrons. The van der Waals surface area contributed by atoms with Crippen molar-refractivity contribution in [3.8, 4) is 0 Å². The third kappa shape index (κ3) is 4.25. The lowest BCUT2D eigenvalue weighted by molar-refractivity contribution is -0.122. The zero-order valence-corrected chi connectivity index (χ0v) is 18.1. The quantitative estimate of drug-likeness (QED) is 0.431. The summed E-state index contributed by atoms with van der Waals surface area (Å²) in [4.78, 5) is 24.9. The summed E-state index contributed by atoms with van der Waals surface area (Å²) in [6.45, 7) is 0. The van der Waals surface area contributed by atoms with Crippen molar-refractivity contribution >= 4 is 34.7 Å². The van der Waals surface area contributed by atoms with Gasteiger partial charge in [0.1, 0.15) is 17.0 Å². The predicted octanol–water partition coefficient (Wildman–Crippen LogP) is 3.14. The molecule has 12 heteroatoms. The molecule has 3 aromatic rings. The van der Waals surface area contributed by atoms with Gasteiger partial charge in [-0.1, -0.05) is 0 Å². The number of aliphatic hydroxyl groups excluding tert-OH is 1. The fourth-order valence-electron chi connectivity index (χ4n) is 4.67. The Bertz CT molecular complexity index is 1210. The number of nitrogens with one attached hydrogen (secondary N) is 2. The molecule has 0 radical (unpaired) electrons. The minimum atomic E-state index is -1.09. The Morgan fingerprint density at radius 3 is 2.38 bits per heavy atom. The first-order chi connectivity index (χ1) is 16.3. The lowest BCUT2D eigenvalue weighted by atomic mass is 9.85. The van der Waals surface area contributed by atoms with Crippen molar-refractivity contribution in [2.75, 3.05) is 10.6 Å². The standard InChI is InChI=1S/C22H24F3N7O2/c23-11-5-15(24)18(16(25)6-11)30-22-29-17-9-27-21(28-12-7-14(33)8-12)31-20(17)32(22)13-3-1-10(2-4-13)19(26)34/h5-6,9-10,12-14,33H,1-4,7-8H2,(H2,26,34)(H,29,30)(H,27,28,31)/t10-,12-,13+,14-. The zero-order chi connectivity index (χ0) is 24.0. The van der Waals surface area contributed by atoms with Gasteiger partial charge in [0.2, 0.25) is 17.8 Å². The molecule has 0 aliphatic heterocycles. The van der Waals surface area contributed by atoms with Gasteiger partial charge in [0.05, 0.1) is 12.3 Å². The summed E-state index contributed by atoms with van der Waals surface area (Å²) < 4.78 is 43.9. The molecule has 0 spiro atoms. The monoisotopic (exact) mass is 475 g/mol. The lowest BCUT2D eigenvalue weighted by Crippen LogP contribution is -2.39. The van der Waals surface area contributed by atoms with Crippen LogP contribution in [0.4, 0.5) is 30.8 Å². The fourth-order valence-corrected chi connectivity index (χ4v) is 4.67. The second kappa shape index (κ2) is 8.75. The van der Waals surface area contributed by atoms with Crippen LogP contribution in [0, 0.1) is 23.4 Å². The fraction of sp³-hybridized carbons (Fsp3) is 0.455. The van der Waals surface area contributed by atoms with E-state index in [0.29, 0.717) is 67.8 Å². The molecule has 9 nitrogen and oxygen atoms in total. The summed E-state index contributed by atoms with van der Waals surface area (Å²) in [5, 5.41) is 15.4. The lowest BCUT2D eigenvalue weighted by Gasteiger charge is -2.32.